The number of para-hydroxylation sites is 1. The van der Waals surface area contributed by atoms with Crippen molar-refractivity contribution < 1.29 is 13.9 Å². The monoisotopic (exact) mass is 353 g/mol. The molecule has 0 saturated carbocycles. The molecule has 0 aliphatic carbocycles. The Morgan fingerprint density at radius 3 is 2.58 bits per heavy atom. The van der Waals surface area contributed by atoms with Crippen LogP contribution in [0, 0.1) is 5.82 Å². The van der Waals surface area contributed by atoms with Crippen LogP contribution in [0.1, 0.15) is 10.4 Å². The van der Waals surface area contributed by atoms with Crippen molar-refractivity contribution in [1.29, 1.82) is 0 Å². The van der Waals surface area contributed by atoms with E-state index >= 15 is 0 Å². The summed E-state index contributed by atoms with van der Waals surface area (Å²) in [5.41, 5.74) is 1.77. The molecule has 132 valence electrons. The molecule has 8 heteroatoms. The van der Waals surface area contributed by atoms with Gasteiger partial charge < -0.3 is 9.64 Å². The zero-order chi connectivity index (χ0) is 17.9. The summed E-state index contributed by atoms with van der Waals surface area (Å²) in [5, 5.41) is 8.31. The Labute approximate surface area is 148 Å². The maximum Gasteiger partial charge on any atom is 0.280 e. The fraction of sp³-hybridized carbons (Fsp3) is 0.222. The molecular weight excluding hydrogens is 337 g/mol. The maximum atomic E-state index is 13.1. The first-order valence-corrected chi connectivity index (χ1v) is 8.24. The van der Waals surface area contributed by atoms with Crippen molar-refractivity contribution in [3.05, 3.63) is 59.9 Å². The average molecular weight is 353 g/mol. The van der Waals surface area contributed by atoms with E-state index in [9.17, 15) is 9.18 Å². The SMILES string of the molecule is O=C(N=C(N1CCOCC1)n1nnc2ccccc21)c1ccc(F)cc1. The highest BCUT2D eigenvalue weighted by atomic mass is 19.1. The minimum Gasteiger partial charge on any atom is -0.378 e. The summed E-state index contributed by atoms with van der Waals surface area (Å²) < 4.78 is 20.1. The van der Waals surface area contributed by atoms with Crippen LogP contribution in [-0.4, -0.2) is 58.1 Å². The number of ether oxygens (including phenoxy) is 1. The lowest BCUT2D eigenvalue weighted by Gasteiger charge is -2.29. The highest BCUT2D eigenvalue weighted by Gasteiger charge is 2.21. The van der Waals surface area contributed by atoms with Crippen LogP contribution in [0.25, 0.3) is 11.0 Å². The Morgan fingerprint density at radius 2 is 1.81 bits per heavy atom. The predicted molar refractivity (Wildman–Crippen MR) is 93.5 cm³/mol. The van der Waals surface area contributed by atoms with Crippen LogP contribution in [-0.2, 0) is 4.74 Å². The summed E-state index contributed by atoms with van der Waals surface area (Å²) in [5.74, 6) is -0.483. The third kappa shape index (κ3) is 3.18. The zero-order valence-corrected chi connectivity index (χ0v) is 13.9. The number of aromatic nitrogens is 3. The van der Waals surface area contributed by atoms with Crippen molar-refractivity contribution in [3.63, 3.8) is 0 Å². The van der Waals surface area contributed by atoms with E-state index in [1.54, 1.807) is 4.68 Å². The Balaban J connectivity index is 1.77. The molecule has 0 atom stereocenters. The summed E-state index contributed by atoms with van der Waals surface area (Å²) >= 11 is 0. The molecule has 1 fully saturated rings. The van der Waals surface area contributed by atoms with Gasteiger partial charge in [0.15, 0.2) is 0 Å². The van der Waals surface area contributed by atoms with Gasteiger partial charge in [0.1, 0.15) is 11.3 Å². The molecule has 0 spiro atoms. The molecule has 1 aliphatic heterocycles. The minimum atomic E-state index is -0.467. The van der Waals surface area contributed by atoms with Crippen LogP contribution in [0.2, 0.25) is 0 Å². The number of fused-ring (bicyclic) bond motifs is 1. The van der Waals surface area contributed by atoms with Gasteiger partial charge in [-0.15, -0.1) is 5.10 Å². The second-order valence-corrected chi connectivity index (χ2v) is 5.81. The molecule has 3 aromatic rings. The number of carbonyl (C=O) groups excluding carboxylic acids is 1. The number of carbonyl (C=O) groups is 1. The average Bonchev–Trinajstić information content (AvgIpc) is 3.11. The topological polar surface area (TPSA) is 72.6 Å². The molecule has 1 aliphatic rings. The second-order valence-electron chi connectivity index (χ2n) is 5.81. The van der Waals surface area contributed by atoms with E-state index in [4.69, 9.17) is 4.74 Å². The van der Waals surface area contributed by atoms with Gasteiger partial charge in [0.05, 0.1) is 18.7 Å². The van der Waals surface area contributed by atoms with Gasteiger partial charge in [0.2, 0.25) is 5.96 Å². The van der Waals surface area contributed by atoms with E-state index in [-0.39, 0.29) is 0 Å². The highest BCUT2D eigenvalue weighted by molar-refractivity contribution is 6.04. The fourth-order valence-electron chi connectivity index (χ4n) is 2.78. The highest BCUT2D eigenvalue weighted by Crippen LogP contribution is 2.13. The summed E-state index contributed by atoms with van der Waals surface area (Å²) in [4.78, 5) is 18.8. The molecule has 7 nitrogen and oxygen atoms in total. The molecule has 0 unspecified atom stereocenters. The van der Waals surface area contributed by atoms with Gasteiger partial charge in [0.25, 0.3) is 5.91 Å². The van der Waals surface area contributed by atoms with Gasteiger partial charge in [-0.1, -0.05) is 17.3 Å². The summed E-state index contributed by atoms with van der Waals surface area (Å²) in [6.07, 6.45) is 0. The number of hydrogen-bond donors (Lipinski definition) is 0. The van der Waals surface area contributed by atoms with Gasteiger partial charge in [-0.05, 0) is 36.4 Å². The first-order chi connectivity index (χ1) is 12.7. The lowest BCUT2D eigenvalue weighted by Crippen LogP contribution is -2.44. The number of morpholine rings is 1. The first kappa shape index (κ1) is 16.3. The minimum absolute atomic E-state index is 0.307. The van der Waals surface area contributed by atoms with Crippen LogP contribution >= 0.6 is 0 Å². The van der Waals surface area contributed by atoms with Crippen molar-refractivity contribution >= 4 is 22.9 Å². The molecule has 26 heavy (non-hydrogen) atoms. The normalized spacial score (nSPS) is 15.4. The smallest absolute Gasteiger partial charge is 0.280 e. The van der Waals surface area contributed by atoms with Crippen LogP contribution < -0.4 is 0 Å². The van der Waals surface area contributed by atoms with Crippen molar-refractivity contribution in [2.45, 2.75) is 0 Å². The number of nitrogens with zero attached hydrogens (tertiary/aromatic N) is 5. The Morgan fingerprint density at radius 1 is 1.08 bits per heavy atom. The number of rotatable bonds is 1. The first-order valence-electron chi connectivity index (χ1n) is 8.24. The predicted octanol–water partition coefficient (Wildman–Crippen LogP) is 1.95. The third-order valence-electron chi connectivity index (χ3n) is 4.13. The molecular formula is C18H16FN5O2. The van der Waals surface area contributed by atoms with Crippen molar-refractivity contribution in [3.8, 4) is 0 Å². The summed E-state index contributed by atoms with van der Waals surface area (Å²) in [6.45, 7) is 2.25. The summed E-state index contributed by atoms with van der Waals surface area (Å²) in [6, 6.07) is 12.8. The molecule has 1 amide bonds. The lowest BCUT2D eigenvalue weighted by atomic mass is 10.2. The van der Waals surface area contributed by atoms with E-state index in [1.807, 2.05) is 29.2 Å². The number of aliphatic imine (C=N–C) groups is 1. The van der Waals surface area contributed by atoms with E-state index in [0.29, 0.717) is 43.3 Å². The van der Waals surface area contributed by atoms with Crippen LogP contribution in [0.15, 0.2) is 53.5 Å². The van der Waals surface area contributed by atoms with E-state index in [0.717, 1.165) is 5.52 Å². The second kappa shape index (κ2) is 7.01. The molecule has 2 aromatic carbocycles. The van der Waals surface area contributed by atoms with Crippen LogP contribution in [0.3, 0.4) is 0 Å². The molecule has 0 N–H and O–H groups in total. The zero-order valence-electron chi connectivity index (χ0n) is 13.9. The lowest BCUT2D eigenvalue weighted by molar-refractivity contribution is 0.0660. The van der Waals surface area contributed by atoms with Gasteiger partial charge in [0, 0.05) is 18.7 Å². The fourth-order valence-corrected chi connectivity index (χ4v) is 2.78. The Bertz CT molecular complexity index is 961. The molecule has 1 saturated heterocycles. The van der Waals surface area contributed by atoms with E-state index in [1.165, 1.54) is 24.3 Å². The third-order valence-corrected chi connectivity index (χ3v) is 4.13. The van der Waals surface area contributed by atoms with E-state index < -0.39 is 11.7 Å². The molecule has 4 rings (SSSR count). The van der Waals surface area contributed by atoms with Crippen LogP contribution in [0.4, 0.5) is 4.39 Å². The van der Waals surface area contributed by atoms with E-state index in [2.05, 4.69) is 15.3 Å². The van der Waals surface area contributed by atoms with Gasteiger partial charge in [-0.2, -0.15) is 9.67 Å². The van der Waals surface area contributed by atoms with Gasteiger partial charge >= 0.3 is 0 Å². The Hall–Kier alpha value is -3.13. The van der Waals surface area contributed by atoms with Crippen molar-refractivity contribution in [1.82, 2.24) is 19.9 Å². The number of benzene rings is 2. The molecule has 2 heterocycles. The van der Waals surface area contributed by atoms with Crippen LogP contribution in [0.5, 0.6) is 0 Å². The Kier molecular flexibility index (Phi) is 4.40. The molecule has 0 bridgehead atoms. The molecule has 1 aromatic heterocycles. The van der Waals surface area contributed by atoms with Crippen molar-refractivity contribution in [2.75, 3.05) is 26.3 Å². The largest absolute Gasteiger partial charge is 0.378 e. The quantitative estimate of drug-likeness (QED) is 0.494. The number of hydrogen-bond acceptors (Lipinski definition) is 4. The number of amides is 1. The van der Waals surface area contributed by atoms with Gasteiger partial charge in [-0.25, -0.2) is 4.39 Å². The summed E-state index contributed by atoms with van der Waals surface area (Å²) in [7, 11) is 0. The molecule has 0 radical (unpaired) electrons. The standard InChI is InChI=1S/C18H16FN5O2/c19-14-7-5-13(6-8-14)17(25)20-18(23-9-11-26-12-10-23)24-16-4-2-1-3-15(16)21-22-24/h1-8H,9-12H2. The van der Waals surface area contributed by atoms with Gasteiger partial charge in [-0.3, -0.25) is 4.79 Å². The maximum absolute atomic E-state index is 13.1. The van der Waals surface area contributed by atoms with Crippen molar-refractivity contribution in [2.24, 2.45) is 4.99 Å². The number of halogens is 1.